The molecule has 0 aliphatic heterocycles. The Bertz CT molecular complexity index is 518. The molecule has 0 heterocycles. The van der Waals surface area contributed by atoms with Gasteiger partial charge in [-0.2, -0.15) is 0 Å². The van der Waals surface area contributed by atoms with Crippen LogP contribution in [-0.2, 0) is 0 Å². The van der Waals surface area contributed by atoms with Crippen LogP contribution in [0.2, 0.25) is 0 Å². The third-order valence-electron chi connectivity index (χ3n) is 2.46. The predicted molar refractivity (Wildman–Crippen MR) is 69.6 cm³/mol. The van der Waals surface area contributed by atoms with Gasteiger partial charge in [0.2, 0.25) is 0 Å². The summed E-state index contributed by atoms with van der Waals surface area (Å²) in [5, 5.41) is 0. The molecule has 1 nitrogen and oxygen atoms in total. The average Bonchev–Trinajstić information content (AvgIpc) is 2.30. The van der Waals surface area contributed by atoms with E-state index in [4.69, 9.17) is 0 Å². The number of hydrogen-bond acceptors (Lipinski definition) is 1. The summed E-state index contributed by atoms with van der Waals surface area (Å²) in [5.74, 6) is 0.0836. The number of carbonyl (C=O) groups excluding carboxylic acids is 1. The summed E-state index contributed by atoms with van der Waals surface area (Å²) < 4.78 is 0.950. The van der Waals surface area contributed by atoms with Gasteiger partial charge in [-0.25, -0.2) is 0 Å². The number of hydrogen-bond donors (Lipinski definition) is 0. The SMILES string of the molecule is CC(=O)c1ccc(-c2ccccc2)c(Br)c1. The lowest BCUT2D eigenvalue weighted by atomic mass is 10.0. The van der Waals surface area contributed by atoms with Gasteiger partial charge in [0.15, 0.2) is 5.78 Å². The van der Waals surface area contributed by atoms with Crippen LogP contribution < -0.4 is 0 Å². The fraction of sp³-hybridized carbons (Fsp3) is 0.0714. The van der Waals surface area contributed by atoms with Gasteiger partial charge >= 0.3 is 0 Å². The van der Waals surface area contributed by atoms with Gasteiger partial charge in [0.25, 0.3) is 0 Å². The van der Waals surface area contributed by atoms with E-state index in [1.807, 2.05) is 48.5 Å². The van der Waals surface area contributed by atoms with Crippen molar-refractivity contribution in [2.45, 2.75) is 6.92 Å². The summed E-state index contributed by atoms with van der Waals surface area (Å²) in [5.41, 5.74) is 2.97. The van der Waals surface area contributed by atoms with Crippen LogP contribution in [0.4, 0.5) is 0 Å². The number of carbonyl (C=O) groups is 1. The van der Waals surface area contributed by atoms with Crippen LogP contribution in [0.5, 0.6) is 0 Å². The molecular formula is C14H11BrO. The molecule has 0 aromatic heterocycles. The van der Waals surface area contributed by atoms with Gasteiger partial charge in [0, 0.05) is 10.0 Å². The van der Waals surface area contributed by atoms with Crippen molar-refractivity contribution in [3.05, 3.63) is 58.6 Å². The van der Waals surface area contributed by atoms with Crippen molar-refractivity contribution in [3.63, 3.8) is 0 Å². The normalized spacial score (nSPS) is 10.1. The Morgan fingerprint density at radius 3 is 2.31 bits per heavy atom. The first-order valence-electron chi connectivity index (χ1n) is 5.04. The van der Waals surface area contributed by atoms with E-state index in [-0.39, 0.29) is 5.78 Å². The van der Waals surface area contributed by atoms with E-state index in [2.05, 4.69) is 15.9 Å². The number of halogens is 1. The molecule has 2 aromatic rings. The van der Waals surface area contributed by atoms with E-state index in [1.165, 1.54) is 0 Å². The van der Waals surface area contributed by atoms with Crippen LogP contribution in [-0.4, -0.2) is 5.78 Å². The Morgan fingerprint density at radius 1 is 1.06 bits per heavy atom. The van der Waals surface area contributed by atoms with Gasteiger partial charge < -0.3 is 0 Å². The Kier molecular flexibility index (Phi) is 3.20. The van der Waals surface area contributed by atoms with Crippen molar-refractivity contribution in [3.8, 4) is 11.1 Å². The van der Waals surface area contributed by atoms with Gasteiger partial charge in [0.1, 0.15) is 0 Å². The highest BCUT2D eigenvalue weighted by Gasteiger charge is 2.05. The molecule has 16 heavy (non-hydrogen) atoms. The molecule has 0 radical (unpaired) electrons. The van der Waals surface area contributed by atoms with E-state index < -0.39 is 0 Å². The van der Waals surface area contributed by atoms with Crippen molar-refractivity contribution in [1.82, 2.24) is 0 Å². The fourth-order valence-electron chi connectivity index (χ4n) is 1.59. The molecule has 0 unspecified atom stereocenters. The second kappa shape index (κ2) is 4.62. The smallest absolute Gasteiger partial charge is 0.159 e. The molecule has 80 valence electrons. The second-order valence-electron chi connectivity index (χ2n) is 3.62. The van der Waals surface area contributed by atoms with E-state index >= 15 is 0 Å². The Morgan fingerprint density at radius 2 is 1.75 bits per heavy atom. The molecule has 0 atom stereocenters. The van der Waals surface area contributed by atoms with Crippen LogP contribution in [0.15, 0.2) is 53.0 Å². The van der Waals surface area contributed by atoms with E-state index in [9.17, 15) is 4.79 Å². The first kappa shape index (κ1) is 11.1. The number of benzene rings is 2. The summed E-state index contributed by atoms with van der Waals surface area (Å²) >= 11 is 3.50. The predicted octanol–water partition coefficient (Wildman–Crippen LogP) is 4.32. The summed E-state index contributed by atoms with van der Waals surface area (Å²) in [7, 11) is 0. The zero-order chi connectivity index (χ0) is 11.5. The first-order valence-corrected chi connectivity index (χ1v) is 5.83. The van der Waals surface area contributed by atoms with Crippen molar-refractivity contribution < 1.29 is 4.79 Å². The number of rotatable bonds is 2. The molecule has 0 spiro atoms. The topological polar surface area (TPSA) is 17.1 Å². The maximum Gasteiger partial charge on any atom is 0.159 e. The quantitative estimate of drug-likeness (QED) is 0.746. The van der Waals surface area contributed by atoms with E-state index in [1.54, 1.807) is 6.92 Å². The Hall–Kier alpha value is -1.41. The van der Waals surface area contributed by atoms with Crippen LogP contribution >= 0.6 is 15.9 Å². The molecule has 0 bridgehead atoms. The van der Waals surface area contributed by atoms with Gasteiger partial charge in [-0.15, -0.1) is 0 Å². The van der Waals surface area contributed by atoms with Crippen LogP contribution in [0.1, 0.15) is 17.3 Å². The number of ketones is 1. The van der Waals surface area contributed by atoms with Crippen molar-refractivity contribution in [1.29, 1.82) is 0 Å². The number of Topliss-reactive ketones (excluding diaryl/α,β-unsaturated/α-hetero) is 1. The van der Waals surface area contributed by atoms with Crippen LogP contribution in [0.25, 0.3) is 11.1 Å². The fourth-order valence-corrected chi connectivity index (χ4v) is 2.19. The molecule has 2 rings (SSSR count). The maximum atomic E-state index is 11.2. The molecule has 0 saturated carbocycles. The minimum atomic E-state index is 0.0836. The minimum Gasteiger partial charge on any atom is -0.295 e. The monoisotopic (exact) mass is 274 g/mol. The van der Waals surface area contributed by atoms with E-state index in [0.29, 0.717) is 0 Å². The van der Waals surface area contributed by atoms with Gasteiger partial charge in [-0.3, -0.25) is 4.79 Å². The highest BCUT2D eigenvalue weighted by Crippen LogP contribution is 2.28. The summed E-state index contributed by atoms with van der Waals surface area (Å²) in [6.45, 7) is 1.57. The van der Waals surface area contributed by atoms with Gasteiger partial charge in [0.05, 0.1) is 0 Å². The highest BCUT2D eigenvalue weighted by molar-refractivity contribution is 9.10. The highest BCUT2D eigenvalue weighted by atomic mass is 79.9. The van der Waals surface area contributed by atoms with Crippen molar-refractivity contribution in [2.75, 3.05) is 0 Å². The lowest BCUT2D eigenvalue weighted by Gasteiger charge is -2.05. The zero-order valence-corrected chi connectivity index (χ0v) is 10.5. The third kappa shape index (κ3) is 2.22. The van der Waals surface area contributed by atoms with Crippen LogP contribution in [0, 0.1) is 0 Å². The summed E-state index contributed by atoms with van der Waals surface area (Å²) in [6, 6.07) is 15.8. The molecule has 0 aliphatic rings. The first-order chi connectivity index (χ1) is 7.68. The Labute approximate surface area is 103 Å². The van der Waals surface area contributed by atoms with Crippen LogP contribution in [0.3, 0.4) is 0 Å². The Balaban J connectivity index is 2.48. The van der Waals surface area contributed by atoms with Crippen molar-refractivity contribution >= 4 is 21.7 Å². The molecular weight excluding hydrogens is 264 g/mol. The second-order valence-corrected chi connectivity index (χ2v) is 4.47. The average molecular weight is 275 g/mol. The van der Waals surface area contributed by atoms with Gasteiger partial charge in [-0.05, 0) is 24.1 Å². The molecule has 0 aliphatic carbocycles. The summed E-state index contributed by atoms with van der Waals surface area (Å²) in [6.07, 6.45) is 0. The molecule has 0 fully saturated rings. The maximum absolute atomic E-state index is 11.2. The molecule has 0 N–H and O–H groups in total. The lowest BCUT2D eigenvalue weighted by Crippen LogP contribution is -1.92. The molecule has 2 aromatic carbocycles. The van der Waals surface area contributed by atoms with Crippen molar-refractivity contribution in [2.24, 2.45) is 0 Å². The molecule has 0 saturated heterocycles. The van der Waals surface area contributed by atoms with Gasteiger partial charge in [-0.1, -0.05) is 58.4 Å². The van der Waals surface area contributed by atoms with E-state index in [0.717, 1.165) is 21.2 Å². The molecule has 2 heteroatoms. The zero-order valence-electron chi connectivity index (χ0n) is 8.91. The lowest BCUT2D eigenvalue weighted by molar-refractivity contribution is 0.101. The third-order valence-corrected chi connectivity index (χ3v) is 3.12. The molecule has 0 amide bonds. The largest absolute Gasteiger partial charge is 0.295 e. The minimum absolute atomic E-state index is 0.0836. The summed E-state index contributed by atoms with van der Waals surface area (Å²) in [4.78, 5) is 11.2. The standard InChI is InChI=1S/C14H11BrO/c1-10(16)12-7-8-13(14(15)9-12)11-5-3-2-4-6-11/h2-9H,1H3.